The van der Waals surface area contributed by atoms with Crippen LogP contribution in [0, 0.1) is 0 Å². The maximum atomic E-state index is 6.33. The average Bonchev–Trinajstić information content (AvgIpc) is 2.71. The molecule has 1 aliphatic heterocycles. The summed E-state index contributed by atoms with van der Waals surface area (Å²) in [7, 11) is -0.383. The van der Waals surface area contributed by atoms with Crippen molar-refractivity contribution in [2.75, 3.05) is 0 Å². The zero-order chi connectivity index (χ0) is 16.7. The molecule has 2 fully saturated rings. The van der Waals surface area contributed by atoms with Crippen molar-refractivity contribution in [2.24, 2.45) is 0 Å². The summed E-state index contributed by atoms with van der Waals surface area (Å²) in [5.41, 5.74) is 0.266. The zero-order valence-corrected chi connectivity index (χ0v) is 15.3. The van der Waals surface area contributed by atoms with Gasteiger partial charge in [-0.05, 0) is 71.0 Å². The summed E-state index contributed by atoms with van der Waals surface area (Å²) >= 11 is 6.33. The predicted molar refractivity (Wildman–Crippen MR) is 94.7 cm³/mol. The van der Waals surface area contributed by atoms with Crippen molar-refractivity contribution in [1.29, 1.82) is 0 Å². The van der Waals surface area contributed by atoms with Gasteiger partial charge in [-0.15, -0.1) is 0 Å². The van der Waals surface area contributed by atoms with Crippen LogP contribution >= 0.6 is 11.6 Å². The lowest BCUT2D eigenvalue weighted by atomic mass is 9.79. The van der Waals surface area contributed by atoms with Crippen molar-refractivity contribution in [3.05, 3.63) is 23.2 Å². The van der Waals surface area contributed by atoms with E-state index in [2.05, 4.69) is 27.7 Å². The molecule has 1 aromatic carbocycles. The first kappa shape index (κ1) is 17.1. The Morgan fingerprint density at radius 3 is 2.26 bits per heavy atom. The minimum Gasteiger partial charge on any atom is -0.489 e. The quantitative estimate of drug-likeness (QED) is 0.768. The molecular formula is C18H26BClO3. The molecule has 1 aliphatic carbocycles. The molecular weight excluding hydrogens is 310 g/mol. The molecule has 0 spiro atoms. The van der Waals surface area contributed by atoms with Gasteiger partial charge in [0.15, 0.2) is 0 Å². The largest absolute Gasteiger partial charge is 0.494 e. The molecule has 126 valence electrons. The van der Waals surface area contributed by atoms with Gasteiger partial charge in [0.1, 0.15) is 5.75 Å². The van der Waals surface area contributed by atoms with E-state index in [0.717, 1.165) is 24.1 Å². The molecule has 3 rings (SSSR count). The van der Waals surface area contributed by atoms with E-state index < -0.39 is 0 Å². The highest BCUT2D eigenvalue weighted by atomic mass is 35.5. The van der Waals surface area contributed by atoms with Crippen molar-refractivity contribution >= 4 is 24.2 Å². The fourth-order valence-electron chi connectivity index (χ4n) is 3.10. The molecule has 3 nitrogen and oxygen atoms in total. The van der Waals surface area contributed by atoms with Gasteiger partial charge in [0, 0.05) is 0 Å². The van der Waals surface area contributed by atoms with Crippen molar-refractivity contribution in [1.82, 2.24) is 0 Å². The first-order valence-corrected chi connectivity index (χ1v) is 8.98. The molecule has 0 bridgehead atoms. The van der Waals surface area contributed by atoms with Crippen LogP contribution in [0.1, 0.15) is 59.8 Å². The summed E-state index contributed by atoms with van der Waals surface area (Å²) in [6.07, 6.45) is 6.27. The number of ether oxygens (including phenoxy) is 1. The smallest absolute Gasteiger partial charge is 0.489 e. The predicted octanol–water partition coefficient (Wildman–Crippen LogP) is 4.35. The monoisotopic (exact) mass is 336 g/mol. The summed E-state index contributed by atoms with van der Waals surface area (Å²) in [5, 5.41) is 0.649. The van der Waals surface area contributed by atoms with Crippen LogP contribution in [-0.2, 0) is 9.31 Å². The van der Waals surface area contributed by atoms with Crippen LogP contribution in [0.15, 0.2) is 18.2 Å². The van der Waals surface area contributed by atoms with E-state index in [4.69, 9.17) is 25.6 Å². The Hall–Kier alpha value is -0.705. The van der Waals surface area contributed by atoms with E-state index in [-0.39, 0.29) is 24.4 Å². The molecule has 1 aromatic rings. The second-order valence-electron chi connectivity index (χ2n) is 7.66. The van der Waals surface area contributed by atoms with Gasteiger partial charge in [-0.25, -0.2) is 0 Å². The maximum absolute atomic E-state index is 6.33. The van der Waals surface area contributed by atoms with E-state index in [9.17, 15) is 0 Å². The lowest BCUT2D eigenvalue weighted by Crippen LogP contribution is -2.41. The molecule has 1 saturated carbocycles. The molecule has 1 saturated heterocycles. The highest BCUT2D eigenvalue weighted by molar-refractivity contribution is 6.62. The van der Waals surface area contributed by atoms with Gasteiger partial charge in [0.05, 0.1) is 22.3 Å². The second-order valence-corrected chi connectivity index (χ2v) is 8.06. The topological polar surface area (TPSA) is 27.7 Å². The van der Waals surface area contributed by atoms with Crippen molar-refractivity contribution in [2.45, 2.75) is 77.1 Å². The van der Waals surface area contributed by atoms with Crippen LogP contribution < -0.4 is 10.2 Å². The van der Waals surface area contributed by atoms with E-state index in [0.29, 0.717) is 5.02 Å². The van der Waals surface area contributed by atoms with E-state index >= 15 is 0 Å². The van der Waals surface area contributed by atoms with E-state index in [1.807, 2.05) is 18.2 Å². The molecule has 0 atom stereocenters. The van der Waals surface area contributed by atoms with Gasteiger partial charge in [-0.1, -0.05) is 24.1 Å². The summed E-state index contributed by atoms with van der Waals surface area (Å²) in [6, 6.07) is 5.80. The highest BCUT2D eigenvalue weighted by Gasteiger charge is 2.51. The highest BCUT2D eigenvalue weighted by Crippen LogP contribution is 2.37. The summed E-state index contributed by atoms with van der Waals surface area (Å²) < 4.78 is 18.4. The molecule has 0 radical (unpaired) electrons. The third kappa shape index (κ3) is 3.54. The van der Waals surface area contributed by atoms with Crippen LogP contribution in [0.25, 0.3) is 0 Å². The third-order valence-corrected chi connectivity index (χ3v) is 5.64. The van der Waals surface area contributed by atoms with E-state index in [1.165, 1.54) is 19.3 Å². The van der Waals surface area contributed by atoms with Crippen LogP contribution in [0.2, 0.25) is 5.02 Å². The first-order chi connectivity index (χ1) is 10.8. The fourth-order valence-corrected chi connectivity index (χ4v) is 3.26. The Labute approximate surface area is 144 Å². The SMILES string of the molecule is CC1(C)OB(c2ccc(Cl)c(OC3CCCCC3)c2)OC1(C)C. The van der Waals surface area contributed by atoms with Gasteiger partial charge in [-0.3, -0.25) is 0 Å². The third-order valence-electron chi connectivity index (χ3n) is 5.33. The van der Waals surface area contributed by atoms with Crippen molar-refractivity contribution < 1.29 is 14.0 Å². The summed E-state index contributed by atoms with van der Waals surface area (Å²) in [5.74, 6) is 0.741. The Balaban J connectivity index is 1.78. The van der Waals surface area contributed by atoms with Gasteiger partial charge in [0.2, 0.25) is 0 Å². The number of rotatable bonds is 3. The molecule has 0 N–H and O–H groups in total. The fraction of sp³-hybridized carbons (Fsp3) is 0.667. The van der Waals surface area contributed by atoms with E-state index in [1.54, 1.807) is 0 Å². The average molecular weight is 337 g/mol. The zero-order valence-electron chi connectivity index (χ0n) is 14.5. The molecule has 0 amide bonds. The number of hydrogen-bond donors (Lipinski definition) is 0. The minimum atomic E-state index is -0.383. The number of benzene rings is 1. The second kappa shape index (κ2) is 6.31. The molecule has 0 unspecified atom stereocenters. The molecule has 2 aliphatic rings. The van der Waals surface area contributed by atoms with Gasteiger partial charge in [-0.2, -0.15) is 0 Å². The summed E-state index contributed by atoms with van der Waals surface area (Å²) in [6.45, 7) is 8.23. The Morgan fingerprint density at radius 2 is 1.65 bits per heavy atom. The minimum absolute atomic E-state index is 0.273. The summed E-state index contributed by atoms with van der Waals surface area (Å²) in [4.78, 5) is 0. The molecule has 1 heterocycles. The van der Waals surface area contributed by atoms with Crippen LogP contribution in [0.4, 0.5) is 0 Å². The molecule has 5 heteroatoms. The Bertz CT molecular complexity index is 551. The molecule has 0 aromatic heterocycles. The van der Waals surface area contributed by atoms with Crippen LogP contribution in [-0.4, -0.2) is 24.4 Å². The van der Waals surface area contributed by atoms with Gasteiger partial charge < -0.3 is 14.0 Å². The van der Waals surface area contributed by atoms with Gasteiger partial charge in [0.25, 0.3) is 0 Å². The standard InChI is InChI=1S/C18H26BClO3/c1-17(2)18(3,4)23-19(22-17)13-10-11-15(20)16(12-13)21-14-8-6-5-7-9-14/h10-12,14H,5-9H2,1-4H3. The number of halogens is 1. The maximum Gasteiger partial charge on any atom is 0.494 e. The normalized spacial score (nSPS) is 24.0. The van der Waals surface area contributed by atoms with Crippen molar-refractivity contribution in [3.63, 3.8) is 0 Å². The Morgan fingerprint density at radius 1 is 1.04 bits per heavy atom. The molecule has 23 heavy (non-hydrogen) atoms. The Kier molecular flexibility index (Phi) is 4.70. The van der Waals surface area contributed by atoms with Crippen molar-refractivity contribution in [3.8, 4) is 5.75 Å². The van der Waals surface area contributed by atoms with Crippen LogP contribution in [0.3, 0.4) is 0 Å². The van der Waals surface area contributed by atoms with Crippen LogP contribution in [0.5, 0.6) is 5.75 Å². The first-order valence-electron chi connectivity index (χ1n) is 8.60. The lowest BCUT2D eigenvalue weighted by molar-refractivity contribution is 0.00578. The lowest BCUT2D eigenvalue weighted by Gasteiger charge is -2.32. The number of hydrogen-bond acceptors (Lipinski definition) is 3. The van der Waals surface area contributed by atoms with Gasteiger partial charge >= 0.3 is 7.12 Å².